The zero-order chi connectivity index (χ0) is 16.1. The summed E-state index contributed by atoms with van der Waals surface area (Å²) in [6.07, 6.45) is 7.99. The molecule has 1 aliphatic heterocycles. The Hall–Kier alpha value is -0.910. The zero-order valence-electron chi connectivity index (χ0n) is 13.4. The molecule has 0 aromatic heterocycles. The fraction of sp³-hybridized carbons (Fsp3) is 0.667. The first-order valence-electron chi connectivity index (χ1n) is 8.79. The van der Waals surface area contributed by atoms with Gasteiger partial charge in [-0.15, -0.1) is 0 Å². The van der Waals surface area contributed by atoms with Crippen LogP contribution in [0.15, 0.2) is 18.2 Å². The van der Waals surface area contributed by atoms with Crippen molar-refractivity contribution in [3.8, 4) is 0 Å². The van der Waals surface area contributed by atoms with Crippen LogP contribution in [0.25, 0.3) is 0 Å². The van der Waals surface area contributed by atoms with Gasteiger partial charge < -0.3 is 5.32 Å². The highest BCUT2D eigenvalue weighted by molar-refractivity contribution is 7.85. The summed E-state index contributed by atoms with van der Waals surface area (Å²) in [5.74, 6) is 0.572. The molecule has 2 fully saturated rings. The van der Waals surface area contributed by atoms with E-state index in [1.165, 1.54) is 43.2 Å². The van der Waals surface area contributed by atoms with E-state index < -0.39 is 10.1 Å². The van der Waals surface area contributed by atoms with Crippen molar-refractivity contribution in [2.24, 2.45) is 5.92 Å². The third kappa shape index (κ3) is 2.73. The number of piperidine rings is 1. The Labute approximate surface area is 138 Å². The summed E-state index contributed by atoms with van der Waals surface area (Å²) >= 11 is 0. The fourth-order valence-corrected chi connectivity index (χ4v) is 5.90. The van der Waals surface area contributed by atoms with Crippen molar-refractivity contribution in [3.05, 3.63) is 34.9 Å². The monoisotopic (exact) mass is 335 g/mol. The van der Waals surface area contributed by atoms with Crippen molar-refractivity contribution in [2.75, 3.05) is 12.3 Å². The standard InChI is InChI=1S/C18H25NO3S/c20-23(21,22)10-6-13-4-5-15-14(11-13)12-17-16-3-1-2-7-18(15,16)8-9-19-17/h4-5,11,16-17,19H,1-3,6-10,12H2,(H,20,21,22)/t16-,17+,18-/m0/s1. The van der Waals surface area contributed by atoms with E-state index in [4.69, 9.17) is 4.55 Å². The molecule has 1 aromatic rings. The quantitative estimate of drug-likeness (QED) is 0.833. The number of benzene rings is 1. The van der Waals surface area contributed by atoms with Gasteiger partial charge in [-0.3, -0.25) is 4.55 Å². The summed E-state index contributed by atoms with van der Waals surface area (Å²) in [6, 6.07) is 7.10. The molecule has 3 atom stereocenters. The Bertz CT molecular complexity index is 711. The molecule has 2 bridgehead atoms. The van der Waals surface area contributed by atoms with Gasteiger partial charge in [0.15, 0.2) is 0 Å². The topological polar surface area (TPSA) is 66.4 Å². The molecule has 0 unspecified atom stereocenters. The van der Waals surface area contributed by atoms with Crippen molar-refractivity contribution in [1.82, 2.24) is 5.32 Å². The summed E-state index contributed by atoms with van der Waals surface area (Å²) < 4.78 is 30.9. The lowest BCUT2D eigenvalue weighted by Gasteiger charge is -2.56. The van der Waals surface area contributed by atoms with E-state index in [0.717, 1.165) is 24.4 Å². The van der Waals surface area contributed by atoms with Gasteiger partial charge in [0.25, 0.3) is 10.1 Å². The van der Waals surface area contributed by atoms with Gasteiger partial charge in [0, 0.05) is 11.5 Å². The lowest BCUT2D eigenvalue weighted by molar-refractivity contribution is 0.0797. The van der Waals surface area contributed by atoms with E-state index in [-0.39, 0.29) is 5.75 Å². The van der Waals surface area contributed by atoms with Crippen molar-refractivity contribution in [3.63, 3.8) is 0 Å². The third-order valence-corrected chi connectivity index (χ3v) is 7.08. The molecule has 1 saturated carbocycles. The molecule has 4 rings (SSSR count). The average molecular weight is 335 g/mol. The lowest BCUT2D eigenvalue weighted by Crippen LogP contribution is -2.59. The maximum Gasteiger partial charge on any atom is 0.265 e. The van der Waals surface area contributed by atoms with Crippen LogP contribution in [0.1, 0.15) is 48.8 Å². The molecule has 0 radical (unpaired) electrons. The minimum absolute atomic E-state index is 0.193. The SMILES string of the molecule is O=S(=O)(O)CCc1ccc2c(c1)C[C@H]1NCC[C@@]23CCCC[C@@H]13. The number of aryl methyl sites for hydroxylation is 1. The van der Waals surface area contributed by atoms with Crippen molar-refractivity contribution < 1.29 is 13.0 Å². The van der Waals surface area contributed by atoms with E-state index in [2.05, 4.69) is 23.5 Å². The van der Waals surface area contributed by atoms with Crippen LogP contribution in [0.2, 0.25) is 0 Å². The molecule has 3 aliphatic rings. The molecule has 126 valence electrons. The highest BCUT2D eigenvalue weighted by atomic mass is 32.2. The summed E-state index contributed by atoms with van der Waals surface area (Å²) in [6.45, 7) is 1.12. The van der Waals surface area contributed by atoms with E-state index in [1.807, 2.05) is 0 Å². The molecule has 2 N–H and O–H groups in total. The maximum absolute atomic E-state index is 11.0. The number of hydrogen-bond acceptors (Lipinski definition) is 3. The lowest BCUT2D eigenvalue weighted by atomic mass is 9.53. The van der Waals surface area contributed by atoms with Crippen molar-refractivity contribution in [2.45, 2.75) is 56.4 Å². The highest BCUT2D eigenvalue weighted by Crippen LogP contribution is 2.53. The smallest absolute Gasteiger partial charge is 0.265 e. The Kier molecular flexibility index (Phi) is 3.78. The summed E-state index contributed by atoms with van der Waals surface area (Å²) in [4.78, 5) is 0. The number of fused-ring (bicyclic) bond motifs is 1. The second-order valence-corrected chi connectivity index (χ2v) is 9.12. The molecular formula is C18H25NO3S. The van der Waals surface area contributed by atoms with Crippen LogP contribution in [0, 0.1) is 5.92 Å². The van der Waals surface area contributed by atoms with Crippen LogP contribution in [0.4, 0.5) is 0 Å². The molecule has 2 aliphatic carbocycles. The molecule has 0 spiro atoms. The molecule has 0 amide bonds. The van der Waals surface area contributed by atoms with E-state index in [1.54, 1.807) is 0 Å². The van der Waals surface area contributed by atoms with Crippen molar-refractivity contribution in [1.29, 1.82) is 0 Å². The van der Waals surface area contributed by atoms with E-state index in [9.17, 15) is 8.42 Å². The van der Waals surface area contributed by atoms with E-state index >= 15 is 0 Å². The van der Waals surface area contributed by atoms with Gasteiger partial charge in [-0.25, -0.2) is 0 Å². The van der Waals surface area contributed by atoms with Crippen LogP contribution in [0.3, 0.4) is 0 Å². The molecule has 5 heteroatoms. The predicted molar refractivity (Wildman–Crippen MR) is 90.3 cm³/mol. The zero-order valence-corrected chi connectivity index (χ0v) is 14.2. The molecule has 4 nitrogen and oxygen atoms in total. The summed E-state index contributed by atoms with van der Waals surface area (Å²) in [5.41, 5.74) is 4.29. The Morgan fingerprint density at radius 2 is 2.13 bits per heavy atom. The minimum Gasteiger partial charge on any atom is -0.313 e. The first-order chi connectivity index (χ1) is 11.0. The largest absolute Gasteiger partial charge is 0.313 e. The van der Waals surface area contributed by atoms with Crippen LogP contribution in [0.5, 0.6) is 0 Å². The molecule has 23 heavy (non-hydrogen) atoms. The second-order valence-electron chi connectivity index (χ2n) is 7.55. The second kappa shape index (κ2) is 5.57. The van der Waals surface area contributed by atoms with E-state index in [0.29, 0.717) is 17.9 Å². The minimum atomic E-state index is -3.89. The highest BCUT2D eigenvalue weighted by Gasteiger charge is 2.51. The molecule has 1 heterocycles. The molecule has 1 saturated heterocycles. The summed E-state index contributed by atoms with van der Waals surface area (Å²) in [5, 5.41) is 3.73. The Morgan fingerprint density at radius 1 is 1.26 bits per heavy atom. The molecule has 1 aromatic carbocycles. The van der Waals surface area contributed by atoms with Gasteiger partial charge in [0.05, 0.1) is 5.75 Å². The first-order valence-corrected chi connectivity index (χ1v) is 10.4. The normalized spacial score (nSPS) is 32.9. The predicted octanol–water partition coefficient (Wildman–Crippen LogP) is 2.46. The molecular weight excluding hydrogens is 310 g/mol. The maximum atomic E-state index is 11.0. The van der Waals surface area contributed by atoms with Gasteiger partial charge >= 0.3 is 0 Å². The third-order valence-electron chi connectivity index (χ3n) is 6.36. The number of hydrogen-bond donors (Lipinski definition) is 2. The van der Waals surface area contributed by atoms with Gasteiger partial charge in [0.1, 0.15) is 0 Å². The first kappa shape index (κ1) is 15.6. The van der Waals surface area contributed by atoms with Crippen LogP contribution < -0.4 is 5.32 Å². The van der Waals surface area contributed by atoms with Gasteiger partial charge in [0.2, 0.25) is 0 Å². The Balaban J connectivity index is 1.69. The number of nitrogens with one attached hydrogen (secondary N) is 1. The van der Waals surface area contributed by atoms with Gasteiger partial charge in [-0.2, -0.15) is 8.42 Å². The van der Waals surface area contributed by atoms with Crippen LogP contribution >= 0.6 is 0 Å². The number of rotatable bonds is 3. The summed E-state index contributed by atoms with van der Waals surface area (Å²) in [7, 11) is -3.89. The fourth-order valence-electron chi connectivity index (χ4n) is 5.41. The average Bonchev–Trinajstić information content (AvgIpc) is 2.52. The van der Waals surface area contributed by atoms with Crippen LogP contribution in [-0.2, 0) is 28.4 Å². The van der Waals surface area contributed by atoms with Crippen molar-refractivity contribution >= 4 is 10.1 Å². The Morgan fingerprint density at radius 3 is 2.96 bits per heavy atom. The van der Waals surface area contributed by atoms with Crippen LogP contribution in [-0.4, -0.2) is 31.3 Å². The van der Waals surface area contributed by atoms with Gasteiger partial charge in [-0.05, 0) is 61.3 Å². The van der Waals surface area contributed by atoms with Gasteiger partial charge in [-0.1, -0.05) is 31.0 Å².